The molecule has 3 rings (SSSR count). The second kappa shape index (κ2) is 17.6. The number of hydrogen-bond acceptors (Lipinski definition) is 6. The van der Waals surface area contributed by atoms with Crippen LogP contribution in [-0.4, -0.2) is 56.0 Å². The molecule has 1 aromatic rings. The molecule has 2 aliphatic carbocycles. The van der Waals surface area contributed by atoms with Crippen LogP contribution in [0.4, 0.5) is 0 Å². The zero-order chi connectivity index (χ0) is 29.6. The first-order chi connectivity index (χ1) is 19.9. The minimum Gasteiger partial charge on any atom is -0.462 e. The molecule has 0 saturated heterocycles. The van der Waals surface area contributed by atoms with E-state index in [0.717, 1.165) is 29.7 Å². The van der Waals surface area contributed by atoms with Crippen molar-refractivity contribution in [2.75, 3.05) is 33.5 Å². The van der Waals surface area contributed by atoms with Crippen molar-refractivity contribution in [3.8, 4) is 0 Å². The summed E-state index contributed by atoms with van der Waals surface area (Å²) in [6.07, 6.45) is 16.0. The van der Waals surface area contributed by atoms with Crippen LogP contribution in [0.5, 0.6) is 0 Å². The van der Waals surface area contributed by atoms with Gasteiger partial charge in [-0.05, 0) is 66.6 Å². The Labute approximate surface area is 247 Å². The Hall–Kier alpha value is -2.25. The van der Waals surface area contributed by atoms with Gasteiger partial charge in [0.15, 0.2) is 6.29 Å². The maximum atomic E-state index is 12.1. The Morgan fingerprint density at radius 1 is 1.02 bits per heavy atom. The summed E-state index contributed by atoms with van der Waals surface area (Å²) >= 11 is 0. The predicted molar refractivity (Wildman–Crippen MR) is 164 cm³/mol. The summed E-state index contributed by atoms with van der Waals surface area (Å²) in [6, 6.07) is 8.35. The van der Waals surface area contributed by atoms with Gasteiger partial charge in [-0.25, -0.2) is 4.79 Å². The molecule has 41 heavy (non-hydrogen) atoms. The minimum atomic E-state index is -1.18. The molecular formula is C35H52O6. The van der Waals surface area contributed by atoms with E-state index in [2.05, 4.69) is 38.3 Å². The SMILES string of the molecule is C=C(CO)C(=O)OCC(COC(O)C(=C)COC)c1ccc(C2=CCC(C3CCC(CCCCC)CC3)CC2)cc1. The molecule has 0 aliphatic heterocycles. The van der Waals surface area contributed by atoms with Gasteiger partial charge in [0.1, 0.15) is 6.61 Å². The molecule has 3 atom stereocenters. The van der Waals surface area contributed by atoms with Crippen molar-refractivity contribution in [1.82, 2.24) is 0 Å². The molecule has 0 heterocycles. The van der Waals surface area contributed by atoms with Crippen molar-refractivity contribution in [3.05, 3.63) is 65.8 Å². The molecule has 6 nitrogen and oxygen atoms in total. The largest absolute Gasteiger partial charge is 0.462 e. The number of hydrogen-bond donors (Lipinski definition) is 2. The van der Waals surface area contributed by atoms with E-state index in [1.807, 2.05) is 12.1 Å². The Bertz CT molecular complexity index is 988. The van der Waals surface area contributed by atoms with Crippen LogP contribution in [0.15, 0.2) is 54.6 Å². The summed E-state index contributed by atoms with van der Waals surface area (Å²) < 4.78 is 16.0. The van der Waals surface area contributed by atoms with Gasteiger partial charge in [0.25, 0.3) is 0 Å². The molecule has 1 aromatic carbocycles. The third-order valence-electron chi connectivity index (χ3n) is 9.01. The lowest BCUT2D eigenvalue weighted by Crippen LogP contribution is -2.24. The number of allylic oxidation sites excluding steroid dienone is 2. The normalized spacial score (nSPS) is 22.4. The van der Waals surface area contributed by atoms with Crippen LogP contribution in [0.2, 0.25) is 0 Å². The first kappa shape index (κ1) is 33.3. The molecule has 3 unspecified atom stereocenters. The van der Waals surface area contributed by atoms with Crippen LogP contribution >= 0.6 is 0 Å². The third kappa shape index (κ3) is 10.5. The fourth-order valence-corrected chi connectivity index (χ4v) is 6.31. The van der Waals surface area contributed by atoms with Gasteiger partial charge in [0, 0.05) is 18.6 Å². The van der Waals surface area contributed by atoms with Crippen LogP contribution in [0.1, 0.15) is 94.6 Å². The highest BCUT2D eigenvalue weighted by atomic mass is 16.6. The highest BCUT2D eigenvalue weighted by Crippen LogP contribution is 2.42. The third-order valence-corrected chi connectivity index (χ3v) is 9.01. The van der Waals surface area contributed by atoms with E-state index < -0.39 is 18.9 Å². The summed E-state index contributed by atoms with van der Waals surface area (Å²) in [6.45, 7) is 9.48. The smallest absolute Gasteiger partial charge is 0.335 e. The standard InChI is InChI=1S/C35H52O6/c1-5-6-7-8-27-9-11-28(12-10-27)29-13-15-30(16-14-29)31-17-19-32(20-18-31)33(23-40-34(37)25(2)21-36)24-41-35(38)26(3)22-39-4/h15,17-20,27-29,33,35-36,38H,2-3,5-14,16,21-24H2,1,4H3. The van der Waals surface area contributed by atoms with Gasteiger partial charge >= 0.3 is 5.97 Å². The molecule has 0 radical (unpaired) electrons. The second-order valence-corrected chi connectivity index (χ2v) is 12.0. The Morgan fingerprint density at radius 3 is 2.37 bits per heavy atom. The molecule has 2 N–H and O–H groups in total. The number of aliphatic hydroxyl groups excluding tert-OH is 2. The minimum absolute atomic E-state index is 0.00363. The first-order valence-electron chi connectivity index (χ1n) is 15.6. The average molecular weight is 569 g/mol. The zero-order valence-corrected chi connectivity index (χ0v) is 25.3. The molecule has 0 spiro atoms. The molecule has 6 heteroatoms. The molecule has 1 saturated carbocycles. The number of methoxy groups -OCH3 is 1. The van der Waals surface area contributed by atoms with E-state index >= 15 is 0 Å². The maximum absolute atomic E-state index is 12.1. The van der Waals surface area contributed by atoms with Gasteiger partial charge < -0.3 is 24.4 Å². The van der Waals surface area contributed by atoms with Crippen molar-refractivity contribution < 1.29 is 29.2 Å². The molecule has 0 aromatic heterocycles. The van der Waals surface area contributed by atoms with E-state index in [1.165, 1.54) is 82.5 Å². The number of esters is 1. The van der Waals surface area contributed by atoms with Crippen LogP contribution in [0.25, 0.3) is 5.57 Å². The monoisotopic (exact) mass is 568 g/mol. The maximum Gasteiger partial charge on any atom is 0.335 e. The van der Waals surface area contributed by atoms with Gasteiger partial charge in [0.05, 0.1) is 25.4 Å². The summed E-state index contributed by atoms with van der Waals surface area (Å²) in [5.74, 6) is 1.71. The van der Waals surface area contributed by atoms with E-state index in [1.54, 1.807) is 0 Å². The topological polar surface area (TPSA) is 85.2 Å². The highest BCUT2D eigenvalue weighted by Gasteiger charge is 2.29. The van der Waals surface area contributed by atoms with Gasteiger partial charge in [-0.3, -0.25) is 0 Å². The van der Waals surface area contributed by atoms with E-state index in [0.29, 0.717) is 5.57 Å². The lowest BCUT2D eigenvalue weighted by molar-refractivity contribution is -0.141. The lowest BCUT2D eigenvalue weighted by atomic mass is 9.70. The average Bonchev–Trinajstić information content (AvgIpc) is 3.01. The van der Waals surface area contributed by atoms with Gasteiger partial charge in [-0.1, -0.05) is 88.9 Å². The Kier molecular flexibility index (Phi) is 14.3. The van der Waals surface area contributed by atoms with Crippen LogP contribution < -0.4 is 0 Å². The number of unbranched alkanes of at least 4 members (excludes halogenated alkanes) is 2. The molecule has 2 aliphatic rings. The van der Waals surface area contributed by atoms with Crippen molar-refractivity contribution in [3.63, 3.8) is 0 Å². The molecule has 228 valence electrons. The number of benzene rings is 1. The Balaban J connectivity index is 1.57. The van der Waals surface area contributed by atoms with Crippen LogP contribution in [0, 0.1) is 17.8 Å². The van der Waals surface area contributed by atoms with Crippen LogP contribution in [-0.2, 0) is 19.0 Å². The summed E-state index contributed by atoms with van der Waals surface area (Å²) in [5.41, 5.74) is 3.98. The van der Waals surface area contributed by atoms with Crippen molar-refractivity contribution in [1.29, 1.82) is 0 Å². The second-order valence-electron chi connectivity index (χ2n) is 12.0. The highest BCUT2D eigenvalue weighted by molar-refractivity contribution is 5.87. The molecule has 1 fully saturated rings. The van der Waals surface area contributed by atoms with Crippen molar-refractivity contribution in [2.45, 2.75) is 89.8 Å². The lowest BCUT2D eigenvalue weighted by Gasteiger charge is -2.35. The van der Waals surface area contributed by atoms with Crippen molar-refractivity contribution in [2.24, 2.45) is 17.8 Å². The van der Waals surface area contributed by atoms with E-state index in [9.17, 15) is 15.0 Å². The number of aliphatic hydroxyl groups is 2. The zero-order valence-electron chi connectivity index (χ0n) is 25.3. The fraction of sp³-hybridized carbons (Fsp3) is 0.629. The quantitative estimate of drug-likeness (QED) is 0.0694. The van der Waals surface area contributed by atoms with E-state index in [4.69, 9.17) is 14.2 Å². The fourth-order valence-electron chi connectivity index (χ4n) is 6.31. The summed E-state index contributed by atoms with van der Waals surface area (Å²) in [7, 11) is 1.53. The van der Waals surface area contributed by atoms with E-state index in [-0.39, 0.29) is 31.3 Å². The number of carbonyl (C=O) groups excluding carboxylic acids is 1. The van der Waals surface area contributed by atoms with Gasteiger partial charge in [0.2, 0.25) is 0 Å². The van der Waals surface area contributed by atoms with Gasteiger partial charge in [-0.15, -0.1) is 0 Å². The molecule has 0 amide bonds. The Morgan fingerprint density at radius 2 is 1.76 bits per heavy atom. The first-order valence-corrected chi connectivity index (χ1v) is 15.6. The summed E-state index contributed by atoms with van der Waals surface area (Å²) in [4.78, 5) is 12.1. The van der Waals surface area contributed by atoms with Gasteiger partial charge in [-0.2, -0.15) is 0 Å². The number of ether oxygens (including phenoxy) is 3. The molecular weight excluding hydrogens is 516 g/mol. The summed E-state index contributed by atoms with van der Waals surface area (Å²) in [5, 5.41) is 19.5. The molecule has 0 bridgehead atoms. The number of carbonyl (C=O) groups is 1. The number of rotatable bonds is 17. The van der Waals surface area contributed by atoms with Crippen LogP contribution in [0.3, 0.4) is 0 Å². The predicted octanol–water partition coefficient (Wildman–Crippen LogP) is 6.97. The van der Waals surface area contributed by atoms with Crippen molar-refractivity contribution >= 4 is 11.5 Å².